The van der Waals surface area contributed by atoms with Gasteiger partial charge in [-0.05, 0) is 37.5 Å². The number of aryl methyl sites for hydroxylation is 1. The average Bonchev–Trinajstić information content (AvgIpc) is 2.38. The van der Waals surface area contributed by atoms with Crippen molar-refractivity contribution in [3.05, 3.63) is 45.8 Å². The van der Waals surface area contributed by atoms with Crippen molar-refractivity contribution < 1.29 is 9.21 Å². The number of fused-ring (bicyclic) bond motifs is 1. The zero-order valence-corrected chi connectivity index (χ0v) is 12.0. The van der Waals surface area contributed by atoms with Gasteiger partial charge in [0.15, 0.2) is 0 Å². The quantitative estimate of drug-likeness (QED) is 0.871. The van der Waals surface area contributed by atoms with Gasteiger partial charge in [0, 0.05) is 11.9 Å². The minimum atomic E-state index is -0.594. The van der Waals surface area contributed by atoms with Crippen LogP contribution in [0.25, 0.3) is 11.0 Å². The van der Waals surface area contributed by atoms with E-state index >= 15 is 0 Å². The van der Waals surface area contributed by atoms with Crippen molar-refractivity contribution in [3.8, 4) is 0 Å². The van der Waals surface area contributed by atoms with E-state index in [0.717, 1.165) is 17.4 Å². The van der Waals surface area contributed by atoms with Gasteiger partial charge in [0.25, 0.3) is 5.91 Å². The molecule has 0 bridgehead atoms. The van der Waals surface area contributed by atoms with Crippen LogP contribution in [0.2, 0.25) is 0 Å². The highest BCUT2D eigenvalue weighted by Gasteiger charge is 2.13. The lowest BCUT2D eigenvalue weighted by atomic mass is 10.1. The normalized spacial score (nSPS) is 11.0. The highest BCUT2D eigenvalue weighted by Crippen LogP contribution is 2.15. The Morgan fingerprint density at radius 1 is 1.30 bits per heavy atom. The van der Waals surface area contributed by atoms with Crippen molar-refractivity contribution in [1.29, 1.82) is 0 Å². The van der Waals surface area contributed by atoms with Gasteiger partial charge in [-0.2, -0.15) is 0 Å². The van der Waals surface area contributed by atoms with Crippen molar-refractivity contribution in [2.75, 3.05) is 6.54 Å². The van der Waals surface area contributed by atoms with Gasteiger partial charge in [-0.3, -0.25) is 4.79 Å². The van der Waals surface area contributed by atoms with E-state index < -0.39 is 5.63 Å². The minimum absolute atomic E-state index is 0.0619. The van der Waals surface area contributed by atoms with Gasteiger partial charge in [0.1, 0.15) is 11.1 Å². The van der Waals surface area contributed by atoms with Gasteiger partial charge in [-0.15, -0.1) is 0 Å². The standard InChI is InChI=1S/C16H19NO3/c1-10(2)6-7-17-15(18)13-9-12-8-11(3)4-5-14(12)20-16(13)19/h4-5,8-10H,6-7H2,1-3H3,(H,17,18). The molecule has 0 radical (unpaired) electrons. The fourth-order valence-electron chi connectivity index (χ4n) is 1.97. The Kier molecular flexibility index (Phi) is 4.23. The molecule has 0 atom stereocenters. The van der Waals surface area contributed by atoms with Crippen molar-refractivity contribution in [2.45, 2.75) is 27.2 Å². The largest absolute Gasteiger partial charge is 0.422 e. The molecular weight excluding hydrogens is 254 g/mol. The summed E-state index contributed by atoms with van der Waals surface area (Å²) in [6, 6.07) is 7.10. The highest BCUT2D eigenvalue weighted by atomic mass is 16.4. The van der Waals surface area contributed by atoms with Gasteiger partial charge >= 0.3 is 5.63 Å². The Bertz CT molecular complexity index is 686. The number of rotatable bonds is 4. The van der Waals surface area contributed by atoms with Crippen molar-refractivity contribution in [1.82, 2.24) is 5.32 Å². The lowest BCUT2D eigenvalue weighted by molar-refractivity contribution is 0.0948. The number of hydrogen-bond acceptors (Lipinski definition) is 3. The molecule has 0 spiro atoms. The Balaban J connectivity index is 2.27. The van der Waals surface area contributed by atoms with E-state index in [9.17, 15) is 9.59 Å². The number of hydrogen-bond donors (Lipinski definition) is 1. The molecule has 1 heterocycles. The van der Waals surface area contributed by atoms with Crippen LogP contribution in [0.5, 0.6) is 0 Å². The summed E-state index contributed by atoms with van der Waals surface area (Å²) in [5.74, 6) is 0.133. The zero-order chi connectivity index (χ0) is 14.7. The van der Waals surface area contributed by atoms with E-state index in [0.29, 0.717) is 18.0 Å². The van der Waals surface area contributed by atoms with Crippen LogP contribution < -0.4 is 10.9 Å². The van der Waals surface area contributed by atoms with Crippen LogP contribution in [0.1, 0.15) is 36.2 Å². The molecule has 0 unspecified atom stereocenters. The Morgan fingerprint density at radius 2 is 2.05 bits per heavy atom. The number of benzene rings is 1. The summed E-state index contributed by atoms with van der Waals surface area (Å²) in [4.78, 5) is 23.8. The van der Waals surface area contributed by atoms with Crippen LogP contribution >= 0.6 is 0 Å². The van der Waals surface area contributed by atoms with Crippen LogP contribution in [-0.4, -0.2) is 12.5 Å². The minimum Gasteiger partial charge on any atom is -0.422 e. The second kappa shape index (κ2) is 5.90. The van der Waals surface area contributed by atoms with Crippen molar-refractivity contribution >= 4 is 16.9 Å². The van der Waals surface area contributed by atoms with E-state index in [4.69, 9.17) is 4.42 Å². The molecular formula is C16H19NO3. The van der Waals surface area contributed by atoms with Gasteiger partial charge < -0.3 is 9.73 Å². The van der Waals surface area contributed by atoms with Crippen LogP contribution in [0.4, 0.5) is 0 Å². The molecule has 0 aliphatic rings. The molecule has 20 heavy (non-hydrogen) atoms. The first-order chi connectivity index (χ1) is 9.47. The van der Waals surface area contributed by atoms with Gasteiger partial charge in [0.2, 0.25) is 0 Å². The molecule has 4 nitrogen and oxygen atoms in total. The number of amides is 1. The smallest absolute Gasteiger partial charge is 0.349 e. The third kappa shape index (κ3) is 3.26. The summed E-state index contributed by atoms with van der Waals surface area (Å²) >= 11 is 0. The predicted octanol–water partition coefficient (Wildman–Crippen LogP) is 2.88. The topological polar surface area (TPSA) is 59.3 Å². The molecule has 1 amide bonds. The van der Waals surface area contributed by atoms with Gasteiger partial charge in [0.05, 0.1) is 0 Å². The number of nitrogens with one attached hydrogen (secondary N) is 1. The Morgan fingerprint density at radius 3 is 2.75 bits per heavy atom. The number of carbonyl (C=O) groups excluding carboxylic acids is 1. The molecule has 0 aliphatic heterocycles. The molecule has 1 aromatic heterocycles. The van der Waals surface area contributed by atoms with E-state index in [1.54, 1.807) is 12.1 Å². The fourth-order valence-corrected chi connectivity index (χ4v) is 1.97. The first kappa shape index (κ1) is 14.3. The van der Waals surface area contributed by atoms with Crippen LogP contribution in [0.3, 0.4) is 0 Å². The maximum Gasteiger partial charge on any atom is 0.349 e. The summed E-state index contributed by atoms with van der Waals surface area (Å²) < 4.78 is 5.18. The van der Waals surface area contributed by atoms with E-state index in [1.807, 2.05) is 19.1 Å². The molecule has 1 aromatic carbocycles. The van der Waals surface area contributed by atoms with Gasteiger partial charge in [-0.25, -0.2) is 4.79 Å². The monoisotopic (exact) mass is 273 g/mol. The van der Waals surface area contributed by atoms with Crippen molar-refractivity contribution in [3.63, 3.8) is 0 Å². The van der Waals surface area contributed by atoms with Crippen LogP contribution in [0, 0.1) is 12.8 Å². The van der Waals surface area contributed by atoms with Crippen LogP contribution in [-0.2, 0) is 0 Å². The molecule has 2 aromatic rings. The van der Waals surface area contributed by atoms with Gasteiger partial charge in [-0.1, -0.05) is 25.5 Å². The average molecular weight is 273 g/mol. The Labute approximate surface area is 117 Å². The maximum atomic E-state index is 12.0. The lowest BCUT2D eigenvalue weighted by Crippen LogP contribution is -2.29. The van der Waals surface area contributed by atoms with E-state index in [2.05, 4.69) is 19.2 Å². The second-order valence-corrected chi connectivity index (χ2v) is 5.43. The third-order valence-corrected chi connectivity index (χ3v) is 3.14. The summed E-state index contributed by atoms with van der Waals surface area (Å²) in [7, 11) is 0. The lowest BCUT2D eigenvalue weighted by Gasteiger charge is -2.07. The van der Waals surface area contributed by atoms with E-state index in [1.165, 1.54) is 0 Å². The SMILES string of the molecule is Cc1ccc2oc(=O)c(C(=O)NCCC(C)C)cc2c1. The first-order valence-corrected chi connectivity index (χ1v) is 6.80. The molecule has 0 aliphatic carbocycles. The summed E-state index contributed by atoms with van der Waals surface area (Å²) in [6.45, 7) is 6.67. The van der Waals surface area contributed by atoms with Crippen molar-refractivity contribution in [2.24, 2.45) is 5.92 Å². The molecule has 2 rings (SSSR count). The Hall–Kier alpha value is -2.10. The highest BCUT2D eigenvalue weighted by molar-refractivity contribution is 5.96. The van der Waals surface area contributed by atoms with Crippen LogP contribution in [0.15, 0.2) is 33.5 Å². The van der Waals surface area contributed by atoms with E-state index in [-0.39, 0.29) is 11.5 Å². The molecule has 1 N–H and O–H groups in total. The fraction of sp³-hybridized carbons (Fsp3) is 0.375. The third-order valence-electron chi connectivity index (χ3n) is 3.14. The molecule has 0 fully saturated rings. The summed E-state index contributed by atoms with van der Waals surface area (Å²) in [5.41, 5.74) is 1.02. The predicted molar refractivity (Wildman–Crippen MR) is 79.0 cm³/mol. The molecule has 0 saturated carbocycles. The summed E-state index contributed by atoms with van der Waals surface area (Å²) in [5, 5.41) is 3.51. The zero-order valence-electron chi connectivity index (χ0n) is 12.0. The second-order valence-electron chi connectivity index (χ2n) is 5.43. The molecule has 106 valence electrons. The molecule has 4 heteroatoms. The summed E-state index contributed by atoms with van der Waals surface area (Å²) in [6.07, 6.45) is 0.879. The first-order valence-electron chi connectivity index (χ1n) is 6.80. The molecule has 0 saturated heterocycles. The number of carbonyl (C=O) groups is 1. The maximum absolute atomic E-state index is 12.0.